The normalized spacial score (nSPS) is 13.5. The maximum absolute atomic E-state index is 10.2. The fourth-order valence-corrected chi connectivity index (χ4v) is 0.836. The van der Waals surface area contributed by atoms with Crippen LogP contribution in [-0.2, 0) is 4.79 Å². The highest BCUT2D eigenvalue weighted by molar-refractivity contribution is 5.69. The summed E-state index contributed by atoms with van der Waals surface area (Å²) in [6.07, 6.45) is 0. The number of hydrogen-bond donors (Lipinski definition) is 5. The van der Waals surface area contributed by atoms with Crippen LogP contribution in [0.3, 0.4) is 0 Å². The highest BCUT2D eigenvalue weighted by atomic mass is 16.6. The van der Waals surface area contributed by atoms with E-state index in [2.05, 4.69) is 0 Å². The Kier molecular flexibility index (Phi) is 3.36. The molecule has 0 spiro atoms. The van der Waals surface area contributed by atoms with Crippen LogP contribution >= 0.6 is 0 Å². The first-order valence-electron chi connectivity index (χ1n) is 3.44. The van der Waals surface area contributed by atoms with Crippen LogP contribution in [-0.4, -0.2) is 54.8 Å². The standard InChI is InChI=1S/C6H13NO6/c1-5(10,11)7(3-4(8)9)6(2,12)13/h10-13H,3H2,1-2H3,(H,8,9). The third kappa shape index (κ3) is 4.15. The van der Waals surface area contributed by atoms with Crippen molar-refractivity contribution in [3.63, 3.8) is 0 Å². The van der Waals surface area contributed by atoms with Gasteiger partial charge in [0.05, 0.1) is 0 Å². The molecule has 5 N–H and O–H groups in total. The predicted octanol–water partition coefficient (Wildman–Crippen LogP) is -2.31. The molecule has 0 bridgehead atoms. The minimum Gasteiger partial charge on any atom is -0.480 e. The van der Waals surface area contributed by atoms with Crippen molar-refractivity contribution in [1.29, 1.82) is 0 Å². The molecule has 7 nitrogen and oxygen atoms in total. The first-order valence-corrected chi connectivity index (χ1v) is 3.44. The number of carbonyl (C=O) groups is 1. The van der Waals surface area contributed by atoms with E-state index in [0.29, 0.717) is 0 Å². The number of aliphatic hydroxyl groups is 4. The molecule has 7 heteroatoms. The number of carboxylic acids is 1. The smallest absolute Gasteiger partial charge is 0.318 e. The summed E-state index contributed by atoms with van der Waals surface area (Å²) in [5.74, 6) is -6.64. The molecule has 0 aliphatic heterocycles. The Morgan fingerprint density at radius 2 is 1.46 bits per heavy atom. The first kappa shape index (κ1) is 12.3. The van der Waals surface area contributed by atoms with E-state index in [1.165, 1.54) is 0 Å². The molecule has 0 saturated carbocycles. The SMILES string of the molecule is CC(O)(O)N(CC(=O)O)C(C)(O)O. The van der Waals surface area contributed by atoms with Crippen molar-refractivity contribution in [2.24, 2.45) is 0 Å². The third-order valence-electron chi connectivity index (χ3n) is 1.32. The lowest BCUT2D eigenvalue weighted by Gasteiger charge is -2.37. The quantitative estimate of drug-likeness (QED) is 0.319. The largest absolute Gasteiger partial charge is 0.480 e. The van der Waals surface area contributed by atoms with Gasteiger partial charge in [-0.05, 0) is 0 Å². The summed E-state index contributed by atoms with van der Waals surface area (Å²) in [6.45, 7) is 0.730. The van der Waals surface area contributed by atoms with E-state index in [9.17, 15) is 4.79 Å². The minimum atomic E-state index is -2.61. The van der Waals surface area contributed by atoms with Gasteiger partial charge in [0, 0.05) is 13.8 Å². The molecule has 0 saturated heterocycles. The Morgan fingerprint density at radius 3 is 1.54 bits per heavy atom. The summed E-state index contributed by atoms with van der Waals surface area (Å²) >= 11 is 0. The molecule has 0 aromatic rings. The molecular weight excluding hydrogens is 182 g/mol. The zero-order valence-corrected chi connectivity index (χ0v) is 7.30. The van der Waals surface area contributed by atoms with Gasteiger partial charge in [-0.1, -0.05) is 0 Å². The van der Waals surface area contributed by atoms with Crippen molar-refractivity contribution < 1.29 is 30.3 Å². The van der Waals surface area contributed by atoms with E-state index >= 15 is 0 Å². The highest BCUT2D eigenvalue weighted by Crippen LogP contribution is 2.16. The van der Waals surface area contributed by atoms with Crippen molar-refractivity contribution in [1.82, 2.24) is 4.90 Å². The molecule has 0 aliphatic rings. The average molecular weight is 195 g/mol. The molecule has 0 amide bonds. The monoisotopic (exact) mass is 195 g/mol. The molecule has 0 rings (SSSR count). The lowest BCUT2D eigenvalue weighted by Crippen LogP contribution is -2.60. The fourth-order valence-electron chi connectivity index (χ4n) is 0.836. The van der Waals surface area contributed by atoms with Crippen LogP contribution in [0.5, 0.6) is 0 Å². The van der Waals surface area contributed by atoms with E-state index in [4.69, 9.17) is 25.5 Å². The van der Waals surface area contributed by atoms with E-state index in [1.54, 1.807) is 0 Å². The zero-order chi connectivity index (χ0) is 10.9. The van der Waals surface area contributed by atoms with E-state index in [1.807, 2.05) is 0 Å². The number of rotatable bonds is 4. The summed E-state index contributed by atoms with van der Waals surface area (Å²) in [5, 5.41) is 44.2. The predicted molar refractivity (Wildman–Crippen MR) is 40.0 cm³/mol. The van der Waals surface area contributed by atoms with Crippen LogP contribution in [0.2, 0.25) is 0 Å². The first-order chi connectivity index (χ1) is 5.55. The zero-order valence-electron chi connectivity index (χ0n) is 7.30. The number of aliphatic carboxylic acids is 1. The van der Waals surface area contributed by atoms with Gasteiger partial charge < -0.3 is 25.5 Å². The van der Waals surface area contributed by atoms with Crippen LogP contribution in [0.4, 0.5) is 0 Å². The lowest BCUT2D eigenvalue weighted by atomic mass is 10.3. The Hall–Kier alpha value is -0.730. The van der Waals surface area contributed by atoms with Crippen molar-refractivity contribution in [2.45, 2.75) is 25.7 Å². The minimum absolute atomic E-state index is 0.197. The van der Waals surface area contributed by atoms with Crippen LogP contribution in [0, 0.1) is 0 Å². The Balaban J connectivity index is 4.68. The van der Waals surface area contributed by atoms with Crippen molar-refractivity contribution >= 4 is 5.97 Å². The maximum atomic E-state index is 10.2. The maximum Gasteiger partial charge on any atom is 0.318 e. The number of hydrogen-bond acceptors (Lipinski definition) is 6. The van der Waals surface area contributed by atoms with Gasteiger partial charge in [0.2, 0.25) is 11.8 Å². The molecule has 0 unspecified atom stereocenters. The van der Waals surface area contributed by atoms with Crippen LogP contribution in [0.15, 0.2) is 0 Å². The number of nitrogens with zero attached hydrogens (tertiary/aromatic N) is 1. The van der Waals surface area contributed by atoms with Crippen molar-refractivity contribution in [3.05, 3.63) is 0 Å². The topological polar surface area (TPSA) is 121 Å². The highest BCUT2D eigenvalue weighted by Gasteiger charge is 2.40. The number of carboxylic acid groups (broad SMARTS) is 1. The lowest BCUT2D eigenvalue weighted by molar-refractivity contribution is -0.368. The molecule has 0 atom stereocenters. The van der Waals surface area contributed by atoms with E-state index < -0.39 is 24.3 Å². The van der Waals surface area contributed by atoms with Gasteiger partial charge in [-0.25, -0.2) is 0 Å². The Morgan fingerprint density at radius 1 is 1.15 bits per heavy atom. The molecule has 0 aliphatic carbocycles. The summed E-state index contributed by atoms with van der Waals surface area (Å²) < 4.78 is 0. The summed E-state index contributed by atoms with van der Waals surface area (Å²) in [6, 6.07) is 0. The van der Waals surface area contributed by atoms with Crippen LogP contribution in [0.25, 0.3) is 0 Å². The Bertz CT molecular complexity index is 176. The van der Waals surface area contributed by atoms with Crippen LogP contribution < -0.4 is 0 Å². The van der Waals surface area contributed by atoms with Gasteiger partial charge in [0.25, 0.3) is 0 Å². The molecular formula is C6H13NO6. The molecule has 0 radical (unpaired) electrons. The van der Waals surface area contributed by atoms with Gasteiger partial charge in [-0.2, -0.15) is 4.90 Å². The third-order valence-corrected chi connectivity index (χ3v) is 1.32. The Labute approximate surface area is 74.5 Å². The van der Waals surface area contributed by atoms with E-state index in [-0.39, 0.29) is 4.90 Å². The molecule has 78 valence electrons. The van der Waals surface area contributed by atoms with Crippen LogP contribution in [0.1, 0.15) is 13.8 Å². The summed E-state index contributed by atoms with van der Waals surface area (Å²) in [7, 11) is 0. The van der Waals surface area contributed by atoms with Crippen molar-refractivity contribution in [2.75, 3.05) is 6.54 Å². The second-order valence-corrected chi connectivity index (χ2v) is 2.92. The second-order valence-electron chi connectivity index (χ2n) is 2.92. The van der Waals surface area contributed by atoms with Gasteiger partial charge in [0.15, 0.2) is 0 Å². The fraction of sp³-hybridized carbons (Fsp3) is 0.833. The summed E-state index contributed by atoms with van der Waals surface area (Å²) in [4.78, 5) is 10.4. The second kappa shape index (κ2) is 3.56. The van der Waals surface area contributed by atoms with Gasteiger partial charge in [-0.3, -0.25) is 4.79 Å². The van der Waals surface area contributed by atoms with E-state index in [0.717, 1.165) is 13.8 Å². The molecule has 0 aromatic heterocycles. The molecule has 13 heavy (non-hydrogen) atoms. The van der Waals surface area contributed by atoms with Gasteiger partial charge in [0.1, 0.15) is 6.54 Å². The summed E-state index contributed by atoms with van der Waals surface area (Å²) in [5.41, 5.74) is 0. The van der Waals surface area contributed by atoms with Gasteiger partial charge >= 0.3 is 5.97 Å². The average Bonchev–Trinajstić information content (AvgIpc) is 1.77. The van der Waals surface area contributed by atoms with Crippen molar-refractivity contribution in [3.8, 4) is 0 Å². The molecule has 0 heterocycles. The van der Waals surface area contributed by atoms with Gasteiger partial charge in [-0.15, -0.1) is 0 Å². The molecule has 0 aromatic carbocycles. The molecule has 0 fully saturated rings.